The number of nitriles is 1. The standard InChI is InChI=1S/C14H10F2N2O2/c1-19-9-2-3-12(18)13(6-9)20-14-10(15)4-8(7-17)5-11(14)16/h2-6H,18H2,1H3. The predicted molar refractivity (Wildman–Crippen MR) is 68.6 cm³/mol. The molecule has 0 aliphatic rings. The lowest BCUT2D eigenvalue weighted by Gasteiger charge is -2.11. The number of nitrogen functional groups attached to an aromatic ring is 1. The van der Waals surface area contributed by atoms with Crippen LogP contribution in [0.15, 0.2) is 30.3 Å². The normalized spacial score (nSPS) is 9.90. The fraction of sp³-hybridized carbons (Fsp3) is 0.0714. The summed E-state index contributed by atoms with van der Waals surface area (Å²) >= 11 is 0. The van der Waals surface area contributed by atoms with Crippen LogP contribution < -0.4 is 15.2 Å². The van der Waals surface area contributed by atoms with Crippen LogP contribution in [0.25, 0.3) is 0 Å². The first kappa shape index (κ1) is 13.6. The van der Waals surface area contributed by atoms with E-state index in [2.05, 4.69) is 0 Å². The third kappa shape index (κ3) is 2.62. The van der Waals surface area contributed by atoms with Crippen molar-refractivity contribution in [1.29, 1.82) is 5.26 Å². The molecule has 0 spiro atoms. The van der Waals surface area contributed by atoms with E-state index in [0.717, 1.165) is 12.1 Å². The van der Waals surface area contributed by atoms with Crippen LogP contribution >= 0.6 is 0 Å². The van der Waals surface area contributed by atoms with Gasteiger partial charge in [0.25, 0.3) is 0 Å². The van der Waals surface area contributed by atoms with Gasteiger partial charge in [-0.25, -0.2) is 8.78 Å². The number of hydrogen-bond acceptors (Lipinski definition) is 4. The van der Waals surface area contributed by atoms with E-state index in [-0.39, 0.29) is 17.0 Å². The lowest BCUT2D eigenvalue weighted by Crippen LogP contribution is -1.98. The molecule has 2 N–H and O–H groups in total. The highest BCUT2D eigenvalue weighted by Gasteiger charge is 2.15. The Kier molecular flexibility index (Phi) is 3.71. The number of hydrogen-bond donors (Lipinski definition) is 1. The van der Waals surface area contributed by atoms with Crippen LogP contribution in [0.4, 0.5) is 14.5 Å². The van der Waals surface area contributed by atoms with Gasteiger partial charge in [0.1, 0.15) is 5.75 Å². The smallest absolute Gasteiger partial charge is 0.198 e. The number of benzene rings is 2. The molecule has 0 aromatic heterocycles. The first-order valence-electron chi connectivity index (χ1n) is 5.55. The maximum absolute atomic E-state index is 13.7. The molecular formula is C14H10F2N2O2. The molecule has 6 heteroatoms. The second kappa shape index (κ2) is 5.45. The average Bonchev–Trinajstić information content (AvgIpc) is 2.44. The molecular weight excluding hydrogens is 266 g/mol. The van der Waals surface area contributed by atoms with Gasteiger partial charge in [0, 0.05) is 6.07 Å². The minimum Gasteiger partial charge on any atom is -0.497 e. The van der Waals surface area contributed by atoms with Crippen molar-refractivity contribution in [1.82, 2.24) is 0 Å². The second-order valence-corrected chi connectivity index (χ2v) is 3.89. The topological polar surface area (TPSA) is 68.3 Å². The Balaban J connectivity index is 2.43. The largest absolute Gasteiger partial charge is 0.497 e. The molecule has 2 rings (SSSR count). The monoisotopic (exact) mass is 276 g/mol. The molecule has 0 aliphatic heterocycles. The van der Waals surface area contributed by atoms with Crippen molar-refractivity contribution in [2.45, 2.75) is 0 Å². The zero-order valence-corrected chi connectivity index (χ0v) is 10.5. The van der Waals surface area contributed by atoms with Gasteiger partial charge >= 0.3 is 0 Å². The van der Waals surface area contributed by atoms with Gasteiger partial charge in [0.15, 0.2) is 23.1 Å². The SMILES string of the molecule is COc1ccc(N)c(Oc2c(F)cc(C#N)cc2F)c1. The molecule has 4 nitrogen and oxygen atoms in total. The Morgan fingerprint density at radius 2 is 1.80 bits per heavy atom. The van der Waals surface area contributed by atoms with E-state index in [0.29, 0.717) is 5.75 Å². The summed E-state index contributed by atoms with van der Waals surface area (Å²) in [6, 6.07) is 7.91. The summed E-state index contributed by atoms with van der Waals surface area (Å²) in [6.07, 6.45) is 0. The Hall–Kier alpha value is -2.81. The van der Waals surface area contributed by atoms with E-state index in [1.54, 1.807) is 12.1 Å². The van der Waals surface area contributed by atoms with Gasteiger partial charge in [-0.3, -0.25) is 0 Å². The second-order valence-electron chi connectivity index (χ2n) is 3.89. The molecule has 0 aliphatic carbocycles. The lowest BCUT2D eigenvalue weighted by atomic mass is 10.2. The van der Waals surface area contributed by atoms with E-state index in [4.69, 9.17) is 20.5 Å². The fourth-order valence-corrected chi connectivity index (χ4v) is 1.56. The zero-order valence-electron chi connectivity index (χ0n) is 10.5. The molecule has 102 valence electrons. The van der Waals surface area contributed by atoms with Crippen molar-refractivity contribution in [3.63, 3.8) is 0 Å². The van der Waals surface area contributed by atoms with E-state index < -0.39 is 17.4 Å². The minimum atomic E-state index is -0.983. The highest BCUT2D eigenvalue weighted by molar-refractivity contribution is 5.57. The number of nitrogens with zero attached hydrogens (tertiary/aromatic N) is 1. The number of nitrogens with two attached hydrogens (primary N) is 1. The Bertz CT molecular complexity index is 673. The summed E-state index contributed by atoms with van der Waals surface area (Å²) in [7, 11) is 1.44. The van der Waals surface area contributed by atoms with Gasteiger partial charge in [-0.1, -0.05) is 0 Å². The molecule has 2 aromatic carbocycles. The van der Waals surface area contributed by atoms with Gasteiger partial charge in [-0.2, -0.15) is 5.26 Å². The number of ether oxygens (including phenoxy) is 2. The van der Waals surface area contributed by atoms with Crippen LogP contribution in [0.2, 0.25) is 0 Å². The van der Waals surface area contributed by atoms with E-state index in [1.165, 1.54) is 19.2 Å². The summed E-state index contributed by atoms with van der Waals surface area (Å²) in [5.41, 5.74) is 5.74. The van der Waals surface area contributed by atoms with Crippen LogP contribution in [0, 0.1) is 23.0 Å². The van der Waals surface area contributed by atoms with E-state index in [9.17, 15) is 8.78 Å². The average molecular weight is 276 g/mol. The van der Waals surface area contributed by atoms with Crippen molar-refractivity contribution in [3.8, 4) is 23.3 Å². The Labute approximate surface area is 114 Å². The molecule has 0 bridgehead atoms. The van der Waals surface area contributed by atoms with E-state index in [1.807, 2.05) is 0 Å². The molecule has 0 saturated carbocycles. The quantitative estimate of drug-likeness (QED) is 0.874. The molecule has 0 amide bonds. The van der Waals surface area contributed by atoms with Crippen LogP contribution in [-0.4, -0.2) is 7.11 Å². The first-order chi connectivity index (χ1) is 9.55. The fourth-order valence-electron chi connectivity index (χ4n) is 1.56. The highest BCUT2D eigenvalue weighted by Crippen LogP contribution is 2.34. The number of rotatable bonds is 3. The first-order valence-corrected chi connectivity index (χ1v) is 5.55. The summed E-state index contributed by atoms with van der Waals surface area (Å²) < 4.78 is 37.5. The predicted octanol–water partition coefficient (Wildman–Crippen LogP) is 3.22. The third-order valence-electron chi connectivity index (χ3n) is 2.56. The van der Waals surface area contributed by atoms with Gasteiger partial charge in [0.05, 0.1) is 24.4 Å². The van der Waals surface area contributed by atoms with Crippen molar-refractivity contribution in [2.24, 2.45) is 0 Å². The maximum atomic E-state index is 13.7. The van der Waals surface area contributed by atoms with E-state index >= 15 is 0 Å². The Morgan fingerprint density at radius 3 is 2.35 bits per heavy atom. The highest BCUT2D eigenvalue weighted by atomic mass is 19.1. The van der Waals surface area contributed by atoms with Crippen molar-refractivity contribution < 1.29 is 18.3 Å². The zero-order chi connectivity index (χ0) is 14.7. The summed E-state index contributed by atoms with van der Waals surface area (Å²) in [4.78, 5) is 0. The van der Waals surface area contributed by atoms with Crippen molar-refractivity contribution in [2.75, 3.05) is 12.8 Å². The summed E-state index contributed by atoms with van der Waals surface area (Å²) in [6.45, 7) is 0. The molecule has 2 aromatic rings. The molecule has 0 radical (unpaired) electrons. The third-order valence-corrected chi connectivity index (χ3v) is 2.56. The maximum Gasteiger partial charge on any atom is 0.198 e. The number of methoxy groups -OCH3 is 1. The molecule has 20 heavy (non-hydrogen) atoms. The summed E-state index contributed by atoms with van der Waals surface area (Å²) in [5.74, 6) is -2.09. The molecule has 0 saturated heterocycles. The van der Waals surface area contributed by atoms with Crippen molar-refractivity contribution in [3.05, 3.63) is 47.5 Å². The van der Waals surface area contributed by atoms with Gasteiger partial charge in [-0.05, 0) is 24.3 Å². The number of anilines is 1. The molecule has 0 fully saturated rings. The Morgan fingerprint density at radius 1 is 1.15 bits per heavy atom. The lowest BCUT2D eigenvalue weighted by molar-refractivity contribution is 0.394. The molecule has 0 heterocycles. The van der Waals surface area contributed by atoms with Gasteiger partial charge in [-0.15, -0.1) is 0 Å². The van der Waals surface area contributed by atoms with Crippen LogP contribution in [0.3, 0.4) is 0 Å². The van der Waals surface area contributed by atoms with Crippen LogP contribution in [0.5, 0.6) is 17.2 Å². The molecule has 0 atom stereocenters. The summed E-state index contributed by atoms with van der Waals surface area (Å²) in [5, 5.41) is 8.62. The molecule has 0 unspecified atom stereocenters. The minimum absolute atomic E-state index is 0.0619. The van der Waals surface area contributed by atoms with Crippen molar-refractivity contribution >= 4 is 5.69 Å². The van der Waals surface area contributed by atoms with Crippen LogP contribution in [-0.2, 0) is 0 Å². The van der Waals surface area contributed by atoms with Gasteiger partial charge in [0.2, 0.25) is 0 Å². The van der Waals surface area contributed by atoms with Gasteiger partial charge < -0.3 is 15.2 Å². The van der Waals surface area contributed by atoms with Crippen LogP contribution in [0.1, 0.15) is 5.56 Å². The number of halogens is 2.